The molecule has 0 saturated heterocycles. The van der Waals surface area contributed by atoms with Gasteiger partial charge in [-0.2, -0.15) is 0 Å². The minimum Gasteiger partial charge on any atom is -0.479 e. The van der Waals surface area contributed by atoms with Gasteiger partial charge in [-0.25, -0.2) is 4.39 Å². The fourth-order valence-electron chi connectivity index (χ4n) is 2.13. The molecule has 2 aromatic rings. The molecule has 2 aromatic carbocycles. The monoisotopic (exact) mass is 334 g/mol. The van der Waals surface area contributed by atoms with E-state index in [4.69, 9.17) is 16.3 Å². The average Bonchev–Trinajstić information content (AvgIpc) is 2.51. The Morgan fingerprint density at radius 2 is 2.09 bits per heavy atom. The van der Waals surface area contributed by atoms with Crippen LogP contribution in [0.15, 0.2) is 36.4 Å². The zero-order valence-corrected chi connectivity index (χ0v) is 12.8. The van der Waals surface area contributed by atoms with Crippen molar-refractivity contribution in [3.05, 3.63) is 52.8 Å². The van der Waals surface area contributed by atoms with E-state index in [1.165, 1.54) is 24.3 Å². The molecule has 0 saturated carbocycles. The summed E-state index contributed by atoms with van der Waals surface area (Å²) in [5, 5.41) is 5.20. The lowest BCUT2D eigenvalue weighted by atomic mass is 10.1. The van der Waals surface area contributed by atoms with Crippen molar-refractivity contribution < 1.29 is 18.7 Å². The number of fused-ring (bicyclic) bond motifs is 1. The molecule has 1 heterocycles. The smallest absolute Gasteiger partial charge is 0.265 e. The zero-order valence-electron chi connectivity index (χ0n) is 12.0. The van der Waals surface area contributed by atoms with E-state index in [9.17, 15) is 14.0 Å². The van der Waals surface area contributed by atoms with E-state index < -0.39 is 17.8 Å². The minimum absolute atomic E-state index is 0.0807. The van der Waals surface area contributed by atoms with E-state index in [1.54, 1.807) is 19.1 Å². The average molecular weight is 335 g/mol. The number of hydrogen-bond donors (Lipinski definition) is 2. The van der Waals surface area contributed by atoms with Gasteiger partial charge in [0.2, 0.25) is 0 Å². The third kappa shape index (κ3) is 3.12. The molecule has 1 atom stereocenters. The summed E-state index contributed by atoms with van der Waals surface area (Å²) >= 11 is 5.68. The fourth-order valence-corrected chi connectivity index (χ4v) is 2.31. The summed E-state index contributed by atoms with van der Waals surface area (Å²) in [6, 6.07) is 8.59. The van der Waals surface area contributed by atoms with Gasteiger partial charge in [0.1, 0.15) is 11.6 Å². The van der Waals surface area contributed by atoms with Gasteiger partial charge >= 0.3 is 0 Å². The number of anilines is 2. The van der Waals surface area contributed by atoms with Crippen LogP contribution in [0.4, 0.5) is 15.8 Å². The standard InChI is InChI=1S/C16H12ClFN2O3/c1-8-15(21)20-13-6-9(2-5-14(13)23-8)16(22)19-10-3-4-12(18)11(17)7-10/h2-8H,1H3,(H,19,22)(H,20,21). The van der Waals surface area contributed by atoms with Gasteiger partial charge in [0.25, 0.3) is 11.8 Å². The summed E-state index contributed by atoms with van der Waals surface area (Å²) in [6.07, 6.45) is -0.580. The van der Waals surface area contributed by atoms with E-state index in [1.807, 2.05) is 0 Å². The number of carbonyl (C=O) groups excluding carboxylic acids is 2. The summed E-state index contributed by atoms with van der Waals surface area (Å²) in [7, 11) is 0. The third-order valence-corrected chi connectivity index (χ3v) is 3.64. The highest BCUT2D eigenvalue weighted by molar-refractivity contribution is 6.31. The number of hydrogen-bond acceptors (Lipinski definition) is 3. The van der Waals surface area contributed by atoms with Gasteiger partial charge in [0.05, 0.1) is 10.7 Å². The summed E-state index contributed by atoms with van der Waals surface area (Å²) in [5.41, 5.74) is 1.12. The van der Waals surface area contributed by atoms with E-state index >= 15 is 0 Å². The van der Waals surface area contributed by atoms with Crippen molar-refractivity contribution in [3.63, 3.8) is 0 Å². The second-order valence-electron chi connectivity index (χ2n) is 5.04. The van der Waals surface area contributed by atoms with Gasteiger partial charge in [-0.05, 0) is 43.3 Å². The SMILES string of the molecule is CC1Oc2ccc(C(=O)Nc3ccc(F)c(Cl)c3)cc2NC1=O. The van der Waals surface area contributed by atoms with E-state index in [0.29, 0.717) is 22.7 Å². The topological polar surface area (TPSA) is 67.4 Å². The van der Waals surface area contributed by atoms with Crippen LogP contribution in [0.2, 0.25) is 5.02 Å². The molecule has 1 unspecified atom stereocenters. The van der Waals surface area contributed by atoms with Crippen LogP contribution in [0, 0.1) is 5.82 Å². The quantitative estimate of drug-likeness (QED) is 0.884. The lowest BCUT2D eigenvalue weighted by Crippen LogP contribution is -2.34. The van der Waals surface area contributed by atoms with Crippen molar-refractivity contribution >= 4 is 34.8 Å². The first-order valence-corrected chi connectivity index (χ1v) is 7.20. The third-order valence-electron chi connectivity index (χ3n) is 3.35. The number of ether oxygens (including phenoxy) is 1. The molecule has 3 rings (SSSR count). The number of rotatable bonds is 2. The van der Waals surface area contributed by atoms with Crippen LogP contribution in [0.3, 0.4) is 0 Å². The highest BCUT2D eigenvalue weighted by atomic mass is 35.5. The van der Waals surface area contributed by atoms with E-state index in [-0.39, 0.29) is 10.9 Å². The Bertz CT molecular complexity index is 810. The second kappa shape index (κ2) is 5.89. The zero-order chi connectivity index (χ0) is 16.6. The van der Waals surface area contributed by atoms with Crippen molar-refractivity contribution in [1.29, 1.82) is 0 Å². The first-order valence-electron chi connectivity index (χ1n) is 6.82. The Kier molecular flexibility index (Phi) is 3.92. The van der Waals surface area contributed by atoms with Crippen LogP contribution in [0.1, 0.15) is 17.3 Å². The molecule has 0 fully saturated rings. The Hall–Kier alpha value is -2.60. The molecule has 0 radical (unpaired) electrons. The molecule has 118 valence electrons. The molecule has 1 aliphatic rings. The van der Waals surface area contributed by atoms with Gasteiger partial charge in [-0.1, -0.05) is 11.6 Å². The maximum absolute atomic E-state index is 13.1. The van der Waals surface area contributed by atoms with Crippen LogP contribution >= 0.6 is 11.6 Å². The molecule has 2 amide bonds. The van der Waals surface area contributed by atoms with Crippen molar-refractivity contribution in [1.82, 2.24) is 0 Å². The normalized spacial score (nSPS) is 16.1. The van der Waals surface area contributed by atoms with Crippen LogP contribution in [-0.2, 0) is 4.79 Å². The number of benzene rings is 2. The van der Waals surface area contributed by atoms with Crippen molar-refractivity contribution in [2.45, 2.75) is 13.0 Å². The van der Waals surface area contributed by atoms with Crippen molar-refractivity contribution in [3.8, 4) is 5.75 Å². The van der Waals surface area contributed by atoms with E-state index in [2.05, 4.69) is 10.6 Å². The minimum atomic E-state index is -0.580. The van der Waals surface area contributed by atoms with Gasteiger partial charge < -0.3 is 15.4 Å². The lowest BCUT2D eigenvalue weighted by molar-refractivity contribution is -0.122. The Labute approximate surface area is 136 Å². The second-order valence-corrected chi connectivity index (χ2v) is 5.45. The predicted molar refractivity (Wildman–Crippen MR) is 84.5 cm³/mol. The summed E-state index contributed by atoms with van der Waals surface area (Å²) < 4.78 is 18.5. The van der Waals surface area contributed by atoms with Crippen LogP contribution in [-0.4, -0.2) is 17.9 Å². The van der Waals surface area contributed by atoms with Gasteiger partial charge in [0, 0.05) is 11.3 Å². The molecule has 1 aliphatic heterocycles. The molecule has 0 bridgehead atoms. The molecule has 0 spiro atoms. The lowest BCUT2D eigenvalue weighted by Gasteiger charge is -2.23. The van der Waals surface area contributed by atoms with Gasteiger partial charge in [-0.3, -0.25) is 9.59 Å². The van der Waals surface area contributed by atoms with Crippen LogP contribution in [0.25, 0.3) is 0 Å². The highest BCUT2D eigenvalue weighted by Crippen LogP contribution is 2.30. The van der Waals surface area contributed by atoms with Gasteiger partial charge in [0.15, 0.2) is 6.10 Å². The number of carbonyl (C=O) groups is 2. The maximum atomic E-state index is 13.1. The number of nitrogens with one attached hydrogen (secondary N) is 2. The maximum Gasteiger partial charge on any atom is 0.265 e. The Morgan fingerprint density at radius 1 is 1.30 bits per heavy atom. The van der Waals surface area contributed by atoms with Crippen molar-refractivity contribution in [2.24, 2.45) is 0 Å². The molecule has 2 N–H and O–H groups in total. The van der Waals surface area contributed by atoms with Gasteiger partial charge in [-0.15, -0.1) is 0 Å². The largest absolute Gasteiger partial charge is 0.479 e. The molecule has 23 heavy (non-hydrogen) atoms. The summed E-state index contributed by atoms with van der Waals surface area (Å²) in [4.78, 5) is 23.9. The fraction of sp³-hybridized carbons (Fsp3) is 0.125. The molecular formula is C16H12ClFN2O3. The summed E-state index contributed by atoms with van der Waals surface area (Å²) in [5.74, 6) is -0.755. The molecule has 0 aromatic heterocycles. The van der Waals surface area contributed by atoms with Crippen LogP contribution < -0.4 is 15.4 Å². The molecule has 7 heteroatoms. The first-order chi connectivity index (χ1) is 10.9. The Morgan fingerprint density at radius 3 is 2.83 bits per heavy atom. The van der Waals surface area contributed by atoms with E-state index in [0.717, 1.165) is 0 Å². The summed E-state index contributed by atoms with van der Waals surface area (Å²) in [6.45, 7) is 1.64. The molecule has 5 nitrogen and oxygen atoms in total. The van der Waals surface area contributed by atoms with Crippen LogP contribution in [0.5, 0.6) is 5.75 Å². The predicted octanol–water partition coefficient (Wildman–Crippen LogP) is 3.45. The highest BCUT2D eigenvalue weighted by Gasteiger charge is 2.24. The van der Waals surface area contributed by atoms with Crippen molar-refractivity contribution in [2.75, 3.05) is 10.6 Å². The number of halogens is 2. The Balaban J connectivity index is 1.81. The molecule has 0 aliphatic carbocycles. The number of amides is 2. The molecular weight excluding hydrogens is 323 g/mol. The first kappa shape index (κ1) is 15.3.